The van der Waals surface area contributed by atoms with Crippen molar-refractivity contribution in [2.24, 2.45) is 0 Å². The number of rotatable bonds is 19. The number of aliphatic hydroxyl groups is 13. The topological polar surface area (TPSA) is 501 Å². The largest absolute Gasteiger partial charge is 0.508 e. The van der Waals surface area contributed by atoms with Crippen LogP contribution in [-0.2, 0) is 42.7 Å². The van der Waals surface area contributed by atoms with Gasteiger partial charge in [-0.2, -0.15) is 0 Å². The molecule has 1 aliphatic carbocycles. The van der Waals surface area contributed by atoms with Crippen LogP contribution in [0, 0.1) is 0 Å². The first kappa shape index (κ1) is 64.9. The van der Waals surface area contributed by atoms with Gasteiger partial charge in [-0.1, -0.05) is 12.1 Å². The van der Waals surface area contributed by atoms with Crippen molar-refractivity contribution in [1.29, 1.82) is 0 Å². The highest BCUT2D eigenvalue weighted by molar-refractivity contribution is 5.88. The maximum Gasteiger partial charge on any atom is 0.330 e. The van der Waals surface area contributed by atoms with Gasteiger partial charge in [0.1, 0.15) is 122 Å². The molecule has 17 N–H and O–H groups in total. The van der Waals surface area contributed by atoms with Gasteiger partial charge in [0.2, 0.25) is 18.9 Å². The maximum atomic E-state index is 13.3. The number of hydrogen-bond acceptors (Lipinski definition) is 31. The monoisotopic (exact) mass is 1240 g/mol. The van der Waals surface area contributed by atoms with E-state index in [9.17, 15) is 101 Å². The van der Waals surface area contributed by atoms with E-state index in [1.165, 1.54) is 66.7 Å². The molecule has 3 aromatic rings. The summed E-state index contributed by atoms with van der Waals surface area (Å²) in [5, 5.41) is 179. The lowest BCUT2D eigenvalue weighted by atomic mass is 9.97. The second-order valence-corrected chi connectivity index (χ2v) is 20.6. The zero-order chi connectivity index (χ0) is 63.4. The molecule has 0 aromatic heterocycles. The highest BCUT2D eigenvalue weighted by Crippen LogP contribution is 2.44. The Bertz CT molecular complexity index is 3300. The van der Waals surface area contributed by atoms with Crippen LogP contribution >= 0.6 is 0 Å². The summed E-state index contributed by atoms with van der Waals surface area (Å²) in [7, 11) is 0. The van der Waals surface area contributed by atoms with E-state index in [1.54, 1.807) is 0 Å². The van der Waals surface area contributed by atoms with E-state index >= 15 is 0 Å². The Morgan fingerprint density at radius 2 is 0.932 bits per heavy atom. The normalized spacial score (nSPS) is 32.6. The van der Waals surface area contributed by atoms with E-state index in [-0.39, 0.29) is 45.5 Å². The second kappa shape index (κ2) is 27.8. The Kier molecular flexibility index (Phi) is 20.5. The Morgan fingerprint density at radius 3 is 1.50 bits per heavy atom. The van der Waals surface area contributed by atoms with Gasteiger partial charge in [0.25, 0.3) is 0 Å². The van der Waals surface area contributed by atoms with Gasteiger partial charge in [-0.3, -0.25) is 4.79 Å². The van der Waals surface area contributed by atoms with E-state index in [2.05, 4.69) is 0 Å². The highest BCUT2D eigenvalue weighted by atomic mass is 16.8. The van der Waals surface area contributed by atoms with Crippen molar-refractivity contribution in [3.05, 3.63) is 112 Å². The minimum atomic E-state index is -2.16. The van der Waals surface area contributed by atoms with Crippen molar-refractivity contribution in [1.82, 2.24) is 0 Å². The summed E-state index contributed by atoms with van der Waals surface area (Å²) in [5.41, 5.74) is -0.305. The number of carbonyl (C=O) groups excluding carboxylic acids is 2. The predicted molar refractivity (Wildman–Crippen MR) is 288 cm³/mol. The molecule has 9 rings (SSSR count). The van der Waals surface area contributed by atoms with Crippen LogP contribution in [-0.4, -0.2) is 248 Å². The smallest absolute Gasteiger partial charge is 0.330 e. The molecule has 0 saturated carbocycles. The van der Waals surface area contributed by atoms with Crippen LogP contribution in [0.4, 0.5) is 0 Å². The quantitative estimate of drug-likeness (QED) is 0.0214. The summed E-state index contributed by atoms with van der Waals surface area (Å²) in [6, 6.07) is 15.7. The zero-order valence-corrected chi connectivity index (χ0v) is 45.5. The molecule has 20 unspecified atom stereocenters. The number of phenolic OH excluding ortho intramolecular Hbond substituents is 4. The summed E-state index contributed by atoms with van der Waals surface area (Å²) in [6.45, 7) is -3.29. The van der Waals surface area contributed by atoms with Crippen LogP contribution < -0.4 is 19.6 Å². The third-order valence-electron chi connectivity index (χ3n) is 14.5. The van der Waals surface area contributed by atoms with Gasteiger partial charge in [0, 0.05) is 29.8 Å². The summed E-state index contributed by atoms with van der Waals surface area (Å²) in [5.74, 6) is -5.25. The Hall–Kier alpha value is -7.61. The lowest BCUT2D eigenvalue weighted by Crippen LogP contribution is -2.65. The fourth-order valence-corrected chi connectivity index (χ4v) is 9.60. The van der Waals surface area contributed by atoms with Crippen LogP contribution in [0.2, 0.25) is 0 Å². The fourth-order valence-electron chi connectivity index (χ4n) is 9.60. The van der Waals surface area contributed by atoms with Gasteiger partial charge >= 0.3 is 11.9 Å². The van der Waals surface area contributed by atoms with E-state index in [0.717, 1.165) is 36.4 Å². The molecule has 476 valence electrons. The van der Waals surface area contributed by atoms with Crippen molar-refractivity contribution >= 4 is 24.1 Å². The van der Waals surface area contributed by atoms with Gasteiger partial charge in [0.15, 0.2) is 52.3 Å². The summed E-state index contributed by atoms with van der Waals surface area (Å²) in [6.07, 6.45) is -33.3. The van der Waals surface area contributed by atoms with Crippen LogP contribution in [0.1, 0.15) is 11.1 Å². The molecule has 4 fully saturated rings. The second-order valence-electron chi connectivity index (χ2n) is 20.6. The molecule has 31 nitrogen and oxygen atoms in total. The molecule has 0 spiro atoms. The fraction of sp³-hybridized carbons (Fsp3) is 0.421. The van der Waals surface area contributed by atoms with Crippen LogP contribution in [0.15, 0.2) is 100 Å². The average Bonchev–Trinajstić information content (AvgIpc) is 0.995. The van der Waals surface area contributed by atoms with Crippen LogP contribution in [0.25, 0.3) is 34.8 Å². The summed E-state index contributed by atoms with van der Waals surface area (Å²) in [4.78, 5) is 39.0. The Balaban J connectivity index is 0.930. The molecule has 4 saturated heterocycles. The molecule has 5 heterocycles. The third-order valence-corrected chi connectivity index (χ3v) is 14.5. The van der Waals surface area contributed by atoms with E-state index in [0.29, 0.717) is 5.56 Å². The molecule has 3 aromatic carbocycles. The molecular formula is C57H62O31. The first-order chi connectivity index (χ1) is 41.9. The van der Waals surface area contributed by atoms with Gasteiger partial charge in [-0.25, -0.2) is 9.59 Å². The van der Waals surface area contributed by atoms with Gasteiger partial charge in [0.05, 0.1) is 18.8 Å². The number of aliphatic hydroxyl groups excluding tert-OH is 13. The first-order valence-corrected chi connectivity index (χ1v) is 26.9. The molecule has 0 bridgehead atoms. The lowest BCUT2D eigenvalue weighted by molar-refractivity contribution is -0.358. The molecule has 0 amide bonds. The number of fused-ring (bicyclic) bond motifs is 1. The molecule has 31 heteroatoms. The highest BCUT2D eigenvalue weighted by Gasteiger charge is 2.53. The Morgan fingerprint density at radius 1 is 0.455 bits per heavy atom. The number of ether oxygens (including phenoxy) is 10. The standard InChI is InChI=1S/C57H62O31/c58-18-35-41(67)45(71)49(75)55(84-35)82-33-14-23(2-10-29(33)63)4-12-40(66)79-21-38-44(70)47(73)51(77)56(87-38)88-53-48(74)42(68)36(19-59)85-57(53)83-34-17-27-31(80-52(34)24-5-7-25(60)8-6-24)15-26(61)16-32(27)81-54-50(76)46(72)43(69)37(86-54)20-78-39(65)11-3-22-1-9-28(62)30(64)13-22/h1-17,35-38,41-51,53-60,62-64,67-77H,18-21H2. The van der Waals surface area contributed by atoms with Crippen molar-refractivity contribution in [3.63, 3.8) is 0 Å². The van der Waals surface area contributed by atoms with Crippen molar-refractivity contribution in [2.75, 3.05) is 26.4 Å². The van der Waals surface area contributed by atoms with Crippen molar-refractivity contribution in [2.45, 2.75) is 123 Å². The lowest BCUT2D eigenvalue weighted by Gasteiger charge is -2.46. The number of aromatic hydroxyl groups is 4. The predicted octanol–water partition coefficient (Wildman–Crippen LogP) is -3.88. The number of esters is 2. The van der Waals surface area contributed by atoms with Crippen molar-refractivity contribution in [3.8, 4) is 62.9 Å². The molecule has 88 heavy (non-hydrogen) atoms. The van der Waals surface area contributed by atoms with Crippen molar-refractivity contribution < 1.29 is 148 Å². The molecular weight excluding hydrogens is 1180 g/mol. The van der Waals surface area contributed by atoms with Gasteiger partial charge < -0.3 is 139 Å². The number of benzene rings is 4. The third kappa shape index (κ3) is 14.4. The zero-order valence-electron chi connectivity index (χ0n) is 45.5. The van der Waals surface area contributed by atoms with E-state index < -0.39 is 190 Å². The summed E-state index contributed by atoms with van der Waals surface area (Å²) >= 11 is 0. The van der Waals surface area contributed by atoms with Crippen LogP contribution in [0.5, 0.6) is 40.2 Å². The van der Waals surface area contributed by atoms with Crippen LogP contribution in [0.3, 0.4) is 0 Å². The van der Waals surface area contributed by atoms with Gasteiger partial charge in [-0.15, -0.1) is 0 Å². The van der Waals surface area contributed by atoms with Gasteiger partial charge in [-0.05, 0) is 77.9 Å². The SMILES string of the molecule is O=C(C=Cc1ccc(O)c(O)c1)OCC1OC(Oc2cc(=O)cc3oc(-c4ccc(O)cc4)c(OC4OC(CO)C(O)C(O)C4OC4OC(COC(=O)C=Cc5ccc(O)c(OC6OC(CO)C(O)C(O)C6O)c5)C(O)C(O)C4O)cc2-3)C(O)C(O)C1O. The maximum absolute atomic E-state index is 13.3. The number of hydrogen-bond donors (Lipinski definition) is 17. The Labute approximate surface area is 495 Å². The molecule has 6 aliphatic rings. The average molecular weight is 1240 g/mol. The number of carbonyl (C=O) groups is 2. The molecule has 0 radical (unpaired) electrons. The van der Waals surface area contributed by atoms with E-state index in [1.807, 2.05) is 0 Å². The molecule has 5 aliphatic heterocycles. The first-order valence-electron chi connectivity index (χ1n) is 26.9. The molecule has 20 atom stereocenters. The minimum absolute atomic E-state index is 0.140. The minimum Gasteiger partial charge on any atom is -0.508 e. The van der Waals surface area contributed by atoms with E-state index in [4.69, 9.17) is 51.8 Å². The number of phenols is 4. The summed E-state index contributed by atoms with van der Waals surface area (Å²) < 4.78 is 63.2.